The number of rotatable bonds is 5. The number of allylic oxidation sites excluding steroid dienone is 3. The Balaban J connectivity index is 2.14. The maximum absolute atomic E-state index is 14.1. The Morgan fingerprint density at radius 2 is 2.08 bits per heavy atom. The van der Waals surface area contributed by atoms with E-state index in [4.69, 9.17) is 0 Å². The molecule has 0 radical (unpaired) electrons. The third-order valence-corrected chi connectivity index (χ3v) is 6.40. The molecule has 24 heavy (non-hydrogen) atoms. The average molecular weight is 416 g/mol. The zero-order valence-electron chi connectivity index (χ0n) is 14.4. The summed E-state index contributed by atoms with van der Waals surface area (Å²) in [4.78, 5) is 0. The molecule has 1 aliphatic heterocycles. The second kappa shape index (κ2) is 9.16. The Labute approximate surface area is 156 Å². The third kappa shape index (κ3) is 4.93. The summed E-state index contributed by atoms with van der Waals surface area (Å²) < 4.78 is 30.3. The Bertz CT molecular complexity index is 630. The summed E-state index contributed by atoms with van der Waals surface area (Å²) in [5, 5.41) is 0.373. The minimum Gasteiger partial charge on any atom is -0.243 e. The largest absolute Gasteiger partial charge is 0.243 e. The molecule has 0 bridgehead atoms. The fourth-order valence-electron chi connectivity index (χ4n) is 2.77. The van der Waals surface area contributed by atoms with Crippen LogP contribution in [0.2, 0.25) is 0 Å². The summed E-state index contributed by atoms with van der Waals surface area (Å²) in [7, 11) is 0. The van der Waals surface area contributed by atoms with Gasteiger partial charge in [-0.3, -0.25) is 0 Å². The molecule has 0 amide bonds. The maximum Gasteiger partial charge on any atom is 0.137 e. The third-order valence-electron chi connectivity index (χ3n) is 4.27. The molecule has 1 nitrogen and oxygen atoms in total. The number of halogens is 3. The lowest BCUT2D eigenvalue weighted by Gasteiger charge is -2.37. The van der Waals surface area contributed by atoms with Gasteiger partial charge < -0.3 is 0 Å². The number of hydrogen-bond acceptors (Lipinski definition) is 2. The molecule has 5 heteroatoms. The second-order valence-electron chi connectivity index (χ2n) is 6.05. The Morgan fingerprint density at radius 3 is 2.75 bits per heavy atom. The van der Waals surface area contributed by atoms with Crippen LogP contribution in [-0.2, 0) is 6.54 Å². The standard InChI is InChI=1S/C19H24BrF2NS/c1-4-6-7-14(5-2)19-9-8-13(3)23(24-19)12-15-10-18(22)16(20)11-17(15)21/h5-7,10-11,13,19H,4,8-9,12H2,1-3H3/b7-6-,14-5+/t13-,19?/m0/s1. The molecule has 0 saturated carbocycles. The van der Waals surface area contributed by atoms with Gasteiger partial charge in [0.25, 0.3) is 0 Å². The van der Waals surface area contributed by atoms with Gasteiger partial charge >= 0.3 is 0 Å². The van der Waals surface area contributed by atoms with Gasteiger partial charge in [-0.1, -0.05) is 37.1 Å². The van der Waals surface area contributed by atoms with Crippen LogP contribution in [0.4, 0.5) is 8.78 Å². The first-order chi connectivity index (χ1) is 11.5. The molecular formula is C19H24BrF2NS. The van der Waals surface area contributed by atoms with Crippen molar-refractivity contribution in [2.45, 2.75) is 57.9 Å². The highest BCUT2D eigenvalue weighted by Crippen LogP contribution is 2.37. The lowest BCUT2D eigenvalue weighted by atomic mass is 10.0. The molecule has 1 aromatic rings. The van der Waals surface area contributed by atoms with Gasteiger partial charge in [0.05, 0.1) is 4.47 Å². The normalized spacial score (nSPS) is 23.2. The van der Waals surface area contributed by atoms with Crippen molar-refractivity contribution in [2.75, 3.05) is 0 Å². The first kappa shape index (κ1) is 19.7. The van der Waals surface area contributed by atoms with E-state index in [1.165, 1.54) is 17.7 Å². The van der Waals surface area contributed by atoms with E-state index in [-0.39, 0.29) is 10.3 Å². The van der Waals surface area contributed by atoms with E-state index in [1.807, 2.05) is 0 Å². The van der Waals surface area contributed by atoms with Crippen molar-refractivity contribution >= 4 is 27.9 Å². The lowest BCUT2D eigenvalue weighted by Crippen LogP contribution is -2.34. The van der Waals surface area contributed by atoms with Crippen LogP contribution >= 0.6 is 27.9 Å². The maximum atomic E-state index is 14.1. The SMILES string of the molecule is C/C=C(\C=C/CC)C1CC[C@H](C)N(Cc2cc(F)c(Br)cc2F)S1. The summed E-state index contributed by atoms with van der Waals surface area (Å²) in [6, 6.07) is 2.85. The first-order valence-corrected chi connectivity index (χ1v) is 9.98. The minimum atomic E-state index is -0.419. The van der Waals surface area contributed by atoms with Crippen molar-refractivity contribution in [3.8, 4) is 0 Å². The summed E-state index contributed by atoms with van der Waals surface area (Å²) in [6.07, 6.45) is 9.67. The van der Waals surface area contributed by atoms with Crippen molar-refractivity contribution in [3.63, 3.8) is 0 Å². The van der Waals surface area contributed by atoms with E-state index in [0.717, 1.165) is 19.3 Å². The van der Waals surface area contributed by atoms with Gasteiger partial charge in [0.2, 0.25) is 0 Å². The van der Waals surface area contributed by atoms with Crippen LogP contribution in [0, 0.1) is 11.6 Å². The fraction of sp³-hybridized carbons (Fsp3) is 0.474. The molecule has 0 spiro atoms. The van der Waals surface area contributed by atoms with Gasteiger partial charge in [0.1, 0.15) is 11.6 Å². The highest BCUT2D eigenvalue weighted by Gasteiger charge is 2.28. The van der Waals surface area contributed by atoms with Crippen molar-refractivity contribution in [1.29, 1.82) is 0 Å². The lowest BCUT2D eigenvalue weighted by molar-refractivity contribution is 0.321. The smallest absolute Gasteiger partial charge is 0.137 e. The van der Waals surface area contributed by atoms with E-state index < -0.39 is 5.82 Å². The van der Waals surface area contributed by atoms with Gasteiger partial charge in [-0.15, -0.1) is 0 Å². The van der Waals surface area contributed by atoms with Gasteiger partial charge in [-0.25, -0.2) is 13.1 Å². The summed E-state index contributed by atoms with van der Waals surface area (Å²) >= 11 is 4.78. The highest BCUT2D eigenvalue weighted by atomic mass is 79.9. The van der Waals surface area contributed by atoms with Gasteiger partial charge in [-0.05, 0) is 66.7 Å². The fourth-order valence-corrected chi connectivity index (χ4v) is 4.52. The summed E-state index contributed by atoms with van der Waals surface area (Å²) in [6.45, 7) is 6.74. The van der Waals surface area contributed by atoms with E-state index in [2.05, 4.69) is 59.2 Å². The predicted octanol–water partition coefficient (Wildman–Crippen LogP) is 6.64. The first-order valence-electron chi connectivity index (χ1n) is 8.35. The molecule has 0 aromatic heterocycles. The molecule has 1 saturated heterocycles. The molecule has 0 N–H and O–H groups in total. The van der Waals surface area contributed by atoms with Gasteiger partial charge in [0, 0.05) is 23.4 Å². The monoisotopic (exact) mass is 415 g/mol. The van der Waals surface area contributed by atoms with Crippen LogP contribution in [0.3, 0.4) is 0 Å². The van der Waals surface area contributed by atoms with Crippen LogP contribution in [0.15, 0.2) is 40.4 Å². The molecule has 1 heterocycles. The molecule has 0 aliphatic carbocycles. The zero-order chi connectivity index (χ0) is 17.7. The number of benzene rings is 1. The van der Waals surface area contributed by atoms with Crippen molar-refractivity contribution in [1.82, 2.24) is 4.31 Å². The summed E-state index contributed by atoms with van der Waals surface area (Å²) in [5.74, 6) is -0.784. The molecule has 1 aromatic carbocycles. The second-order valence-corrected chi connectivity index (χ2v) is 8.16. The quantitative estimate of drug-likeness (QED) is 0.301. The Kier molecular flexibility index (Phi) is 7.51. The molecule has 132 valence electrons. The average Bonchev–Trinajstić information content (AvgIpc) is 2.56. The van der Waals surface area contributed by atoms with E-state index >= 15 is 0 Å². The zero-order valence-corrected chi connectivity index (χ0v) is 16.8. The Morgan fingerprint density at radius 1 is 1.33 bits per heavy atom. The van der Waals surface area contributed by atoms with E-state index in [9.17, 15) is 8.78 Å². The van der Waals surface area contributed by atoms with Crippen LogP contribution in [-0.4, -0.2) is 15.6 Å². The van der Waals surface area contributed by atoms with Crippen molar-refractivity contribution in [3.05, 3.63) is 57.6 Å². The number of nitrogens with zero attached hydrogens (tertiary/aromatic N) is 1. The summed E-state index contributed by atoms with van der Waals surface area (Å²) in [5.41, 5.74) is 1.71. The minimum absolute atomic E-state index is 0.168. The molecule has 1 aliphatic rings. The van der Waals surface area contributed by atoms with Gasteiger partial charge in [-0.2, -0.15) is 0 Å². The Hall–Kier alpha value is -0.650. The molecule has 2 atom stereocenters. The predicted molar refractivity (Wildman–Crippen MR) is 103 cm³/mol. The van der Waals surface area contributed by atoms with Crippen LogP contribution in [0.5, 0.6) is 0 Å². The molecule has 2 rings (SSSR count). The topological polar surface area (TPSA) is 3.24 Å². The van der Waals surface area contributed by atoms with Crippen LogP contribution < -0.4 is 0 Å². The van der Waals surface area contributed by atoms with E-state index in [0.29, 0.717) is 23.4 Å². The highest BCUT2D eigenvalue weighted by molar-refractivity contribution is 9.10. The van der Waals surface area contributed by atoms with Crippen molar-refractivity contribution in [2.24, 2.45) is 0 Å². The van der Waals surface area contributed by atoms with Gasteiger partial charge in [0.15, 0.2) is 0 Å². The van der Waals surface area contributed by atoms with Crippen molar-refractivity contribution < 1.29 is 8.78 Å². The molecule has 1 unspecified atom stereocenters. The van der Waals surface area contributed by atoms with E-state index in [1.54, 1.807) is 11.9 Å². The number of hydrogen-bond donors (Lipinski definition) is 0. The van der Waals surface area contributed by atoms with Crippen LogP contribution in [0.25, 0.3) is 0 Å². The molecule has 1 fully saturated rings. The van der Waals surface area contributed by atoms with Crippen LogP contribution in [0.1, 0.15) is 45.6 Å². The molecular weight excluding hydrogens is 392 g/mol.